The molecule has 0 amide bonds. The largest absolute Gasteiger partial charge is 0.353 e. The van der Waals surface area contributed by atoms with Gasteiger partial charge in [0.05, 0.1) is 23.6 Å². The lowest BCUT2D eigenvalue weighted by Crippen LogP contribution is -2.44. The maximum absolute atomic E-state index is 5.23. The van der Waals surface area contributed by atoms with Crippen LogP contribution in [0, 0.1) is 0 Å². The third kappa shape index (κ3) is 3.46. The fourth-order valence-corrected chi connectivity index (χ4v) is 5.28. The first-order chi connectivity index (χ1) is 17.2. The molecule has 0 unspecified atom stereocenters. The van der Waals surface area contributed by atoms with Crippen molar-refractivity contribution in [1.29, 1.82) is 0 Å². The van der Waals surface area contributed by atoms with Gasteiger partial charge in [0.1, 0.15) is 11.5 Å². The number of aromatic nitrogens is 7. The first kappa shape index (κ1) is 20.5. The molecule has 1 saturated carbocycles. The molecule has 0 aromatic carbocycles. The van der Waals surface area contributed by atoms with E-state index in [1.54, 1.807) is 4.68 Å². The molecular weight excluding hydrogens is 438 g/mol. The summed E-state index contributed by atoms with van der Waals surface area (Å²) in [6.07, 6.45) is 13.3. The average molecular weight is 466 g/mol. The molecule has 0 spiro atoms. The van der Waals surface area contributed by atoms with Gasteiger partial charge in [-0.1, -0.05) is 6.42 Å². The lowest BCUT2D eigenvalue weighted by atomic mass is 9.79. The van der Waals surface area contributed by atoms with E-state index in [9.17, 15) is 0 Å². The van der Waals surface area contributed by atoms with Gasteiger partial charge in [0.15, 0.2) is 5.82 Å². The van der Waals surface area contributed by atoms with Crippen LogP contribution in [0.25, 0.3) is 44.6 Å². The zero-order valence-corrected chi connectivity index (χ0v) is 19.7. The van der Waals surface area contributed by atoms with Crippen molar-refractivity contribution in [3.8, 4) is 22.6 Å². The van der Waals surface area contributed by atoms with Crippen molar-refractivity contribution in [1.82, 2.24) is 40.0 Å². The fourth-order valence-electron chi connectivity index (χ4n) is 5.28. The standard InChI is InChI=1S/C26H27N9/c1-34-15-17(12-30-34)21-11-19-18(5-6-29-24(19)31-21)25-32-22-14-28-13-20(16-3-2-4-16)23(22)26(33-25)35-9-7-27-8-10-35/h5-6,11-16,27H,2-4,7-10H2,1H3,(H,29,31). The second-order valence-corrected chi connectivity index (χ2v) is 9.57. The second kappa shape index (κ2) is 8.13. The van der Waals surface area contributed by atoms with Crippen LogP contribution >= 0.6 is 0 Å². The van der Waals surface area contributed by atoms with Crippen LogP contribution in [0.2, 0.25) is 0 Å². The highest BCUT2D eigenvalue weighted by Crippen LogP contribution is 2.42. The molecule has 5 aromatic rings. The van der Waals surface area contributed by atoms with Crippen molar-refractivity contribution in [2.45, 2.75) is 25.2 Å². The third-order valence-electron chi connectivity index (χ3n) is 7.37. The summed E-state index contributed by atoms with van der Waals surface area (Å²) in [6, 6.07) is 4.13. The number of aromatic amines is 1. The Balaban J connectivity index is 1.43. The average Bonchev–Trinajstić information content (AvgIpc) is 3.49. The number of hydrogen-bond acceptors (Lipinski definition) is 7. The van der Waals surface area contributed by atoms with Gasteiger partial charge in [0.25, 0.3) is 0 Å². The molecule has 1 aliphatic heterocycles. The van der Waals surface area contributed by atoms with E-state index in [1.807, 2.05) is 44.1 Å². The number of nitrogens with zero attached hydrogens (tertiary/aromatic N) is 7. The lowest BCUT2D eigenvalue weighted by molar-refractivity contribution is 0.421. The van der Waals surface area contributed by atoms with Crippen LogP contribution < -0.4 is 10.2 Å². The summed E-state index contributed by atoms with van der Waals surface area (Å²) < 4.78 is 1.80. The summed E-state index contributed by atoms with van der Waals surface area (Å²) in [6.45, 7) is 3.77. The smallest absolute Gasteiger partial charge is 0.163 e. The Hall–Kier alpha value is -3.85. The maximum atomic E-state index is 5.23. The van der Waals surface area contributed by atoms with E-state index in [-0.39, 0.29) is 0 Å². The predicted octanol–water partition coefficient (Wildman–Crippen LogP) is 3.65. The Morgan fingerprint density at radius 2 is 1.94 bits per heavy atom. The molecule has 6 heterocycles. The van der Waals surface area contributed by atoms with Crippen molar-refractivity contribution in [3.05, 3.63) is 48.7 Å². The first-order valence-corrected chi connectivity index (χ1v) is 12.3. The molecule has 5 aromatic heterocycles. The Bertz CT molecular complexity index is 1540. The van der Waals surface area contributed by atoms with Crippen molar-refractivity contribution >= 4 is 27.8 Å². The summed E-state index contributed by atoms with van der Waals surface area (Å²) in [5, 5.41) is 9.95. The zero-order chi connectivity index (χ0) is 23.4. The van der Waals surface area contributed by atoms with Crippen LogP contribution in [0.5, 0.6) is 0 Å². The van der Waals surface area contributed by atoms with Gasteiger partial charge in [0, 0.05) is 73.7 Å². The number of piperazine rings is 1. The minimum atomic E-state index is 0.557. The van der Waals surface area contributed by atoms with Crippen molar-refractivity contribution in [2.24, 2.45) is 7.05 Å². The molecule has 9 heteroatoms. The molecule has 1 aliphatic carbocycles. The molecule has 0 atom stereocenters. The van der Waals surface area contributed by atoms with E-state index in [1.165, 1.54) is 30.2 Å². The van der Waals surface area contributed by atoms with Gasteiger partial charge in [-0.3, -0.25) is 9.67 Å². The van der Waals surface area contributed by atoms with Crippen LogP contribution in [0.1, 0.15) is 30.7 Å². The van der Waals surface area contributed by atoms with Gasteiger partial charge in [0.2, 0.25) is 0 Å². The van der Waals surface area contributed by atoms with Gasteiger partial charge >= 0.3 is 0 Å². The molecule has 7 rings (SSSR count). The fraction of sp³-hybridized carbons (Fsp3) is 0.346. The van der Waals surface area contributed by atoms with Crippen molar-refractivity contribution in [3.63, 3.8) is 0 Å². The highest BCUT2D eigenvalue weighted by molar-refractivity contribution is 5.98. The zero-order valence-electron chi connectivity index (χ0n) is 19.7. The molecule has 2 aliphatic rings. The van der Waals surface area contributed by atoms with Gasteiger partial charge in [-0.15, -0.1) is 0 Å². The highest BCUT2D eigenvalue weighted by Gasteiger charge is 2.27. The predicted molar refractivity (Wildman–Crippen MR) is 136 cm³/mol. The van der Waals surface area contributed by atoms with E-state index in [0.29, 0.717) is 11.7 Å². The Labute approximate surface area is 202 Å². The molecule has 35 heavy (non-hydrogen) atoms. The minimum absolute atomic E-state index is 0.557. The number of anilines is 1. The van der Waals surface area contributed by atoms with Gasteiger partial charge < -0.3 is 15.2 Å². The molecule has 1 saturated heterocycles. The van der Waals surface area contributed by atoms with Gasteiger partial charge in [-0.25, -0.2) is 15.0 Å². The SMILES string of the molecule is Cn1cc(-c2cc3c(-c4nc(N5CCNCC5)c5c(C6CCC6)cncc5n4)ccnc3[nH]2)cn1. The number of rotatable bonds is 4. The summed E-state index contributed by atoms with van der Waals surface area (Å²) in [5.41, 5.74) is 6.00. The highest BCUT2D eigenvalue weighted by atomic mass is 15.2. The summed E-state index contributed by atoms with van der Waals surface area (Å²) >= 11 is 0. The summed E-state index contributed by atoms with van der Waals surface area (Å²) in [7, 11) is 1.92. The molecule has 2 fully saturated rings. The lowest BCUT2D eigenvalue weighted by Gasteiger charge is -2.32. The molecular formula is C26H27N9. The van der Waals surface area contributed by atoms with Crippen LogP contribution in [0.15, 0.2) is 43.1 Å². The summed E-state index contributed by atoms with van der Waals surface area (Å²) in [4.78, 5) is 25.3. The van der Waals surface area contributed by atoms with Crippen molar-refractivity contribution in [2.75, 3.05) is 31.1 Å². The van der Waals surface area contributed by atoms with Crippen LogP contribution in [-0.2, 0) is 7.05 Å². The van der Waals surface area contributed by atoms with E-state index in [0.717, 1.165) is 65.4 Å². The molecule has 2 N–H and O–H groups in total. The van der Waals surface area contributed by atoms with Crippen LogP contribution in [0.4, 0.5) is 5.82 Å². The monoisotopic (exact) mass is 465 g/mol. The van der Waals surface area contributed by atoms with E-state index < -0.39 is 0 Å². The molecule has 0 bridgehead atoms. The maximum Gasteiger partial charge on any atom is 0.163 e. The van der Waals surface area contributed by atoms with E-state index in [2.05, 4.69) is 36.3 Å². The second-order valence-electron chi connectivity index (χ2n) is 9.57. The number of nitrogens with one attached hydrogen (secondary N) is 2. The van der Waals surface area contributed by atoms with Crippen LogP contribution in [0.3, 0.4) is 0 Å². The first-order valence-electron chi connectivity index (χ1n) is 12.3. The number of aryl methyl sites for hydroxylation is 1. The number of H-pyrrole nitrogens is 1. The third-order valence-corrected chi connectivity index (χ3v) is 7.37. The molecule has 9 nitrogen and oxygen atoms in total. The van der Waals surface area contributed by atoms with Crippen LogP contribution in [-0.4, -0.2) is 60.9 Å². The Morgan fingerprint density at radius 3 is 2.71 bits per heavy atom. The van der Waals surface area contributed by atoms with E-state index in [4.69, 9.17) is 9.97 Å². The summed E-state index contributed by atoms with van der Waals surface area (Å²) in [5.74, 6) is 2.30. The van der Waals surface area contributed by atoms with Crippen molar-refractivity contribution < 1.29 is 0 Å². The molecule has 0 radical (unpaired) electrons. The normalized spacial score (nSPS) is 16.8. The Morgan fingerprint density at radius 1 is 1.06 bits per heavy atom. The van der Waals surface area contributed by atoms with E-state index >= 15 is 0 Å². The van der Waals surface area contributed by atoms with Gasteiger partial charge in [-0.05, 0) is 36.5 Å². The molecule has 176 valence electrons. The Kier molecular flexibility index (Phi) is 4.76. The van der Waals surface area contributed by atoms with Gasteiger partial charge in [-0.2, -0.15) is 5.10 Å². The quantitative estimate of drug-likeness (QED) is 0.418. The minimum Gasteiger partial charge on any atom is -0.353 e. The number of fused-ring (bicyclic) bond motifs is 2. The topological polar surface area (TPSA) is 100 Å². The number of pyridine rings is 2. The number of hydrogen-bond donors (Lipinski definition) is 2.